The summed E-state index contributed by atoms with van der Waals surface area (Å²) in [5.74, 6) is -0.142. The molecule has 2 atom stereocenters. The molecule has 1 aliphatic rings. The number of morpholine rings is 1. The van der Waals surface area contributed by atoms with Crippen LogP contribution in [0, 0.1) is 0 Å². The van der Waals surface area contributed by atoms with E-state index in [1.165, 1.54) is 7.11 Å². The molecule has 0 amide bonds. The Labute approximate surface area is 85.2 Å². The Balaban J connectivity index is 2.26. The van der Waals surface area contributed by atoms with Gasteiger partial charge in [0.05, 0.1) is 25.7 Å². The minimum absolute atomic E-state index is 0.142. The van der Waals surface area contributed by atoms with Gasteiger partial charge in [0.1, 0.15) is 0 Å². The van der Waals surface area contributed by atoms with Gasteiger partial charge in [-0.25, -0.2) is 0 Å². The fourth-order valence-corrected chi connectivity index (χ4v) is 1.82. The van der Waals surface area contributed by atoms with Gasteiger partial charge in [0.25, 0.3) is 0 Å². The van der Waals surface area contributed by atoms with Crippen molar-refractivity contribution in [1.82, 2.24) is 4.90 Å². The monoisotopic (exact) mass is 201 g/mol. The fourth-order valence-electron chi connectivity index (χ4n) is 1.82. The van der Waals surface area contributed by atoms with Crippen LogP contribution in [0.1, 0.15) is 20.3 Å². The first-order chi connectivity index (χ1) is 6.61. The number of nitrogens with zero attached hydrogens (tertiary/aromatic N) is 1. The van der Waals surface area contributed by atoms with Crippen LogP contribution < -0.4 is 0 Å². The number of hydrogen-bond donors (Lipinski definition) is 0. The van der Waals surface area contributed by atoms with Crippen molar-refractivity contribution in [2.24, 2.45) is 0 Å². The van der Waals surface area contributed by atoms with E-state index in [1.807, 2.05) is 0 Å². The second kappa shape index (κ2) is 5.32. The van der Waals surface area contributed by atoms with E-state index < -0.39 is 0 Å². The van der Waals surface area contributed by atoms with Gasteiger partial charge in [0.15, 0.2) is 0 Å². The van der Waals surface area contributed by atoms with Gasteiger partial charge in [-0.15, -0.1) is 0 Å². The zero-order valence-corrected chi connectivity index (χ0v) is 9.16. The molecule has 0 N–H and O–H groups in total. The molecule has 1 rings (SSSR count). The lowest BCUT2D eigenvalue weighted by Crippen LogP contribution is -2.46. The molecule has 0 aromatic heterocycles. The molecule has 0 radical (unpaired) electrons. The van der Waals surface area contributed by atoms with Gasteiger partial charge in [-0.05, 0) is 13.8 Å². The van der Waals surface area contributed by atoms with Crippen LogP contribution in [-0.2, 0) is 14.3 Å². The van der Waals surface area contributed by atoms with Gasteiger partial charge in [0, 0.05) is 19.6 Å². The maximum absolute atomic E-state index is 10.9. The third-order valence-corrected chi connectivity index (χ3v) is 2.36. The standard InChI is InChI=1S/C10H19NO3/c1-8-6-11(7-9(2)14-8)5-4-10(12)13-3/h8-9H,4-7H2,1-3H3/t8-,9+. The maximum Gasteiger partial charge on any atom is 0.306 e. The number of rotatable bonds is 3. The van der Waals surface area contributed by atoms with Crippen molar-refractivity contribution in [3.63, 3.8) is 0 Å². The summed E-state index contributed by atoms with van der Waals surface area (Å²) in [7, 11) is 1.42. The molecule has 0 spiro atoms. The highest BCUT2D eigenvalue weighted by molar-refractivity contribution is 5.69. The Morgan fingerprint density at radius 1 is 1.43 bits per heavy atom. The first-order valence-corrected chi connectivity index (χ1v) is 5.06. The second-order valence-corrected chi connectivity index (χ2v) is 3.84. The zero-order valence-electron chi connectivity index (χ0n) is 9.16. The number of hydrogen-bond acceptors (Lipinski definition) is 4. The van der Waals surface area contributed by atoms with E-state index >= 15 is 0 Å². The number of esters is 1. The summed E-state index contributed by atoms with van der Waals surface area (Å²) in [6.45, 7) is 6.69. The normalized spacial score (nSPS) is 28.8. The van der Waals surface area contributed by atoms with Crippen molar-refractivity contribution in [2.75, 3.05) is 26.7 Å². The summed E-state index contributed by atoms with van der Waals surface area (Å²) >= 11 is 0. The van der Waals surface area contributed by atoms with E-state index in [0.29, 0.717) is 6.42 Å². The smallest absolute Gasteiger partial charge is 0.306 e. The molecule has 0 bridgehead atoms. The van der Waals surface area contributed by atoms with Crippen LogP contribution >= 0.6 is 0 Å². The topological polar surface area (TPSA) is 38.8 Å². The molecule has 0 saturated carbocycles. The van der Waals surface area contributed by atoms with Crippen LogP contribution in [0.2, 0.25) is 0 Å². The van der Waals surface area contributed by atoms with Crippen molar-refractivity contribution >= 4 is 5.97 Å². The summed E-state index contributed by atoms with van der Waals surface area (Å²) in [5, 5.41) is 0. The average molecular weight is 201 g/mol. The van der Waals surface area contributed by atoms with Crippen molar-refractivity contribution in [2.45, 2.75) is 32.5 Å². The van der Waals surface area contributed by atoms with Gasteiger partial charge >= 0.3 is 5.97 Å². The predicted octanol–water partition coefficient (Wildman–Crippen LogP) is 0.659. The lowest BCUT2D eigenvalue weighted by Gasteiger charge is -2.34. The van der Waals surface area contributed by atoms with E-state index in [-0.39, 0.29) is 18.2 Å². The summed E-state index contributed by atoms with van der Waals surface area (Å²) in [6, 6.07) is 0. The Hall–Kier alpha value is -0.610. The SMILES string of the molecule is COC(=O)CCN1C[C@@H](C)O[C@@H](C)C1. The zero-order chi connectivity index (χ0) is 10.6. The largest absolute Gasteiger partial charge is 0.469 e. The van der Waals surface area contributed by atoms with E-state index in [1.54, 1.807) is 0 Å². The molecule has 0 aromatic rings. The summed E-state index contributed by atoms with van der Waals surface area (Å²) in [6.07, 6.45) is 0.989. The summed E-state index contributed by atoms with van der Waals surface area (Å²) in [4.78, 5) is 13.2. The summed E-state index contributed by atoms with van der Waals surface area (Å²) in [5.41, 5.74) is 0. The predicted molar refractivity (Wildman–Crippen MR) is 53.1 cm³/mol. The Morgan fingerprint density at radius 2 is 2.00 bits per heavy atom. The molecule has 1 fully saturated rings. The first kappa shape index (κ1) is 11.5. The third kappa shape index (κ3) is 3.64. The fraction of sp³-hybridized carbons (Fsp3) is 0.900. The van der Waals surface area contributed by atoms with Crippen molar-refractivity contribution in [1.29, 1.82) is 0 Å². The lowest BCUT2D eigenvalue weighted by atomic mass is 10.2. The van der Waals surface area contributed by atoms with Crippen molar-refractivity contribution < 1.29 is 14.3 Å². The van der Waals surface area contributed by atoms with E-state index in [4.69, 9.17) is 4.74 Å². The molecule has 1 heterocycles. The minimum Gasteiger partial charge on any atom is -0.469 e. The number of carbonyl (C=O) groups is 1. The molecule has 1 aliphatic heterocycles. The second-order valence-electron chi connectivity index (χ2n) is 3.84. The maximum atomic E-state index is 10.9. The van der Waals surface area contributed by atoms with Crippen molar-refractivity contribution in [3.8, 4) is 0 Å². The highest BCUT2D eigenvalue weighted by atomic mass is 16.5. The minimum atomic E-state index is -0.142. The Kier molecular flexibility index (Phi) is 4.35. The van der Waals surface area contributed by atoms with Crippen LogP contribution in [-0.4, -0.2) is 49.8 Å². The lowest BCUT2D eigenvalue weighted by molar-refractivity contribution is -0.141. The Morgan fingerprint density at radius 3 is 2.50 bits per heavy atom. The number of methoxy groups -OCH3 is 1. The molecule has 0 aliphatic carbocycles. The van der Waals surface area contributed by atoms with Crippen molar-refractivity contribution in [3.05, 3.63) is 0 Å². The molecule has 14 heavy (non-hydrogen) atoms. The molecule has 1 saturated heterocycles. The molecule has 0 aromatic carbocycles. The molecular formula is C10H19NO3. The quantitative estimate of drug-likeness (QED) is 0.629. The highest BCUT2D eigenvalue weighted by Gasteiger charge is 2.22. The third-order valence-electron chi connectivity index (χ3n) is 2.36. The molecule has 0 unspecified atom stereocenters. The van der Waals surface area contributed by atoms with Crippen LogP contribution in [0.15, 0.2) is 0 Å². The molecule has 4 heteroatoms. The van der Waals surface area contributed by atoms with Gasteiger partial charge in [0.2, 0.25) is 0 Å². The first-order valence-electron chi connectivity index (χ1n) is 5.06. The molecule has 82 valence electrons. The highest BCUT2D eigenvalue weighted by Crippen LogP contribution is 2.10. The van der Waals surface area contributed by atoms with E-state index in [9.17, 15) is 4.79 Å². The van der Waals surface area contributed by atoms with Crippen LogP contribution in [0.4, 0.5) is 0 Å². The molecular weight excluding hydrogens is 182 g/mol. The van der Waals surface area contributed by atoms with E-state index in [0.717, 1.165) is 19.6 Å². The van der Waals surface area contributed by atoms with Crippen LogP contribution in [0.3, 0.4) is 0 Å². The van der Waals surface area contributed by atoms with E-state index in [2.05, 4.69) is 23.5 Å². The van der Waals surface area contributed by atoms with Crippen LogP contribution in [0.5, 0.6) is 0 Å². The van der Waals surface area contributed by atoms with Gasteiger partial charge in [-0.2, -0.15) is 0 Å². The average Bonchev–Trinajstić information content (AvgIpc) is 2.12. The number of carbonyl (C=O) groups excluding carboxylic acids is 1. The van der Waals surface area contributed by atoms with Gasteiger partial charge in [-0.1, -0.05) is 0 Å². The number of ether oxygens (including phenoxy) is 2. The van der Waals surface area contributed by atoms with Gasteiger partial charge < -0.3 is 9.47 Å². The Bertz CT molecular complexity index is 186. The molecule has 4 nitrogen and oxygen atoms in total. The van der Waals surface area contributed by atoms with Gasteiger partial charge in [-0.3, -0.25) is 9.69 Å². The summed E-state index contributed by atoms with van der Waals surface area (Å²) < 4.78 is 10.2. The van der Waals surface area contributed by atoms with Crippen LogP contribution in [0.25, 0.3) is 0 Å².